The molecule has 1 aromatic rings. The highest BCUT2D eigenvalue weighted by atomic mass is 32.2. The van der Waals surface area contributed by atoms with Crippen molar-refractivity contribution in [3.63, 3.8) is 0 Å². The van der Waals surface area contributed by atoms with E-state index >= 15 is 0 Å². The molecule has 1 rings (SSSR count). The van der Waals surface area contributed by atoms with Gasteiger partial charge in [-0.25, -0.2) is 18.4 Å². The van der Waals surface area contributed by atoms with Crippen LogP contribution in [0.4, 0.5) is 5.69 Å². The van der Waals surface area contributed by atoms with Crippen molar-refractivity contribution in [2.75, 3.05) is 12.4 Å². The number of amides is 1. The number of methoxy groups -OCH3 is 1. The van der Waals surface area contributed by atoms with Crippen LogP contribution in [0.5, 0.6) is 5.75 Å². The number of anilines is 1. The summed E-state index contributed by atoms with van der Waals surface area (Å²) in [5.41, 5.74) is 0.0547. The number of nitrogens with one attached hydrogen (secondary N) is 1. The lowest BCUT2D eigenvalue weighted by molar-refractivity contribution is -0.131. The first-order chi connectivity index (χ1) is 9.24. The minimum atomic E-state index is -3.93. The highest BCUT2D eigenvalue weighted by Crippen LogP contribution is 2.26. The number of carboxylic acid groups (broad SMARTS) is 1. The number of hydrogen-bond acceptors (Lipinski definition) is 5. The van der Waals surface area contributed by atoms with Gasteiger partial charge in [-0.05, 0) is 18.2 Å². The van der Waals surface area contributed by atoms with E-state index < -0.39 is 21.9 Å². The quantitative estimate of drug-likeness (QED) is 0.651. The largest absolute Gasteiger partial charge is 0.495 e. The third-order valence-electron chi connectivity index (χ3n) is 2.13. The predicted molar refractivity (Wildman–Crippen MR) is 69.8 cm³/mol. The first kappa shape index (κ1) is 15.7. The summed E-state index contributed by atoms with van der Waals surface area (Å²) in [5, 5.41) is 15.7. The summed E-state index contributed by atoms with van der Waals surface area (Å²) >= 11 is 0. The maximum atomic E-state index is 11.4. The Morgan fingerprint density at radius 1 is 1.35 bits per heavy atom. The molecule has 20 heavy (non-hydrogen) atoms. The van der Waals surface area contributed by atoms with E-state index in [1.54, 1.807) is 0 Å². The van der Waals surface area contributed by atoms with Gasteiger partial charge in [-0.15, -0.1) is 0 Å². The summed E-state index contributed by atoms with van der Waals surface area (Å²) in [4.78, 5) is 21.5. The van der Waals surface area contributed by atoms with E-state index in [2.05, 4.69) is 5.32 Å². The van der Waals surface area contributed by atoms with Gasteiger partial charge in [-0.2, -0.15) is 0 Å². The number of primary sulfonamides is 1. The molecule has 0 aromatic heterocycles. The number of carbonyl (C=O) groups is 2. The van der Waals surface area contributed by atoms with Crippen LogP contribution < -0.4 is 15.2 Å². The summed E-state index contributed by atoms with van der Waals surface area (Å²) < 4.78 is 27.4. The topological polar surface area (TPSA) is 136 Å². The van der Waals surface area contributed by atoms with Crippen molar-refractivity contribution in [3.05, 3.63) is 30.4 Å². The van der Waals surface area contributed by atoms with Gasteiger partial charge in [0.2, 0.25) is 15.9 Å². The standard InChI is InChI=1S/C11H12N2O6S/c1-19-9-3-2-7(20(12,17)18)6-8(9)13-10(14)4-5-11(15)16/h2-6H,1H3,(H,13,14)(H,15,16)(H2,12,17,18)/b5-4+. The molecule has 0 spiro atoms. The fraction of sp³-hybridized carbons (Fsp3) is 0.0909. The molecule has 0 atom stereocenters. The van der Waals surface area contributed by atoms with Crippen LogP contribution in [-0.4, -0.2) is 32.5 Å². The molecule has 0 aliphatic rings. The van der Waals surface area contributed by atoms with Gasteiger partial charge in [-0.1, -0.05) is 0 Å². The molecular formula is C11H12N2O6S. The number of hydrogen-bond donors (Lipinski definition) is 3. The van der Waals surface area contributed by atoms with Crippen molar-refractivity contribution in [1.29, 1.82) is 0 Å². The minimum Gasteiger partial charge on any atom is -0.495 e. The van der Waals surface area contributed by atoms with Crippen LogP contribution in [0.1, 0.15) is 0 Å². The fourth-order valence-electron chi connectivity index (χ4n) is 1.28. The first-order valence-electron chi connectivity index (χ1n) is 5.17. The molecule has 1 aromatic carbocycles. The molecule has 108 valence electrons. The lowest BCUT2D eigenvalue weighted by atomic mass is 10.3. The molecule has 8 nitrogen and oxygen atoms in total. The Bertz CT molecular complexity index is 665. The van der Waals surface area contributed by atoms with Gasteiger partial charge in [0.05, 0.1) is 17.7 Å². The molecule has 0 fully saturated rings. The summed E-state index contributed by atoms with van der Waals surface area (Å²) in [5.74, 6) is -1.84. The number of ether oxygens (including phenoxy) is 1. The number of rotatable bonds is 5. The molecule has 0 heterocycles. The normalized spacial score (nSPS) is 11.3. The smallest absolute Gasteiger partial charge is 0.328 e. The van der Waals surface area contributed by atoms with Gasteiger partial charge in [0, 0.05) is 12.2 Å². The molecule has 0 saturated heterocycles. The Morgan fingerprint density at radius 2 is 2.00 bits per heavy atom. The highest BCUT2D eigenvalue weighted by Gasteiger charge is 2.13. The van der Waals surface area contributed by atoms with E-state index in [9.17, 15) is 18.0 Å². The van der Waals surface area contributed by atoms with Gasteiger partial charge in [-0.3, -0.25) is 4.79 Å². The molecule has 1 amide bonds. The van der Waals surface area contributed by atoms with Crippen molar-refractivity contribution in [3.8, 4) is 5.75 Å². The molecule has 0 radical (unpaired) electrons. The summed E-state index contributed by atoms with van der Waals surface area (Å²) in [7, 11) is -2.60. The van der Waals surface area contributed by atoms with Crippen molar-refractivity contribution in [2.24, 2.45) is 5.14 Å². The predicted octanol–water partition coefficient (Wildman–Crippen LogP) is -0.0781. The zero-order chi connectivity index (χ0) is 15.3. The van der Waals surface area contributed by atoms with Gasteiger partial charge >= 0.3 is 5.97 Å². The average molecular weight is 300 g/mol. The molecule has 0 saturated carbocycles. The van der Waals surface area contributed by atoms with Crippen molar-refractivity contribution in [1.82, 2.24) is 0 Å². The fourth-order valence-corrected chi connectivity index (χ4v) is 1.82. The Kier molecular flexibility index (Phi) is 4.83. The van der Waals surface area contributed by atoms with Gasteiger partial charge < -0.3 is 15.2 Å². The van der Waals surface area contributed by atoms with Crippen LogP contribution in [0.25, 0.3) is 0 Å². The number of sulfonamides is 1. The Labute approximate surface area is 114 Å². The third kappa shape index (κ3) is 4.37. The van der Waals surface area contributed by atoms with Crippen LogP contribution in [-0.2, 0) is 19.6 Å². The first-order valence-corrected chi connectivity index (χ1v) is 6.71. The lowest BCUT2D eigenvalue weighted by Gasteiger charge is -2.10. The summed E-state index contributed by atoms with van der Waals surface area (Å²) in [6, 6.07) is 3.65. The third-order valence-corrected chi connectivity index (χ3v) is 3.05. The Hall–Kier alpha value is -2.39. The molecule has 4 N–H and O–H groups in total. The molecule has 0 aliphatic carbocycles. The van der Waals surface area contributed by atoms with E-state index in [4.69, 9.17) is 15.0 Å². The van der Waals surface area contributed by atoms with Crippen LogP contribution in [0.3, 0.4) is 0 Å². The number of nitrogens with two attached hydrogens (primary N) is 1. The molecule has 9 heteroatoms. The number of aliphatic carboxylic acids is 1. The maximum absolute atomic E-state index is 11.4. The Morgan fingerprint density at radius 3 is 2.50 bits per heavy atom. The van der Waals surface area contributed by atoms with E-state index in [1.807, 2.05) is 0 Å². The molecule has 0 bridgehead atoms. The number of benzene rings is 1. The Balaban J connectivity index is 3.09. The summed E-state index contributed by atoms with van der Waals surface area (Å²) in [6.45, 7) is 0. The van der Waals surface area contributed by atoms with E-state index in [0.717, 1.165) is 12.1 Å². The van der Waals surface area contributed by atoms with Crippen LogP contribution in [0, 0.1) is 0 Å². The van der Waals surface area contributed by atoms with Crippen LogP contribution in [0.15, 0.2) is 35.2 Å². The van der Waals surface area contributed by atoms with Crippen LogP contribution in [0.2, 0.25) is 0 Å². The van der Waals surface area contributed by atoms with Gasteiger partial charge in [0.1, 0.15) is 5.75 Å². The van der Waals surface area contributed by atoms with Crippen molar-refractivity contribution in [2.45, 2.75) is 4.90 Å². The van der Waals surface area contributed by atoms with Crippen LogP contribution >= 0.6 is 0 Å². The van der Waals surface area contributed by atoms with Gasteiger partial charge in [0.15, 0.2) is 0 Å². The van der Waals surface area contributed by atoms with Crippen molar-refractivity contribution < 1.29 is 27.9 Å². The molecule has 0 unspecified atom stereocenters. The van der Waals surface area contributed by atoms with E-state index in [0.29, 0.717) is 6.08 Å². The minimum absolute atomic E-state index is 0.0547. The SMILES string of the molecule is COc1ccc(S(N)(=O)=O)cc1NC(=O)/C=C/C(=O)O. The maximum Gasteiger partial charge on any atom is 0.328 e. The zero-order valence-corrected chi connectivity index (χ0v) is 11.2. The monoisotopic (exact) mass is 300 g/mol. The molecule has 0 aliphatic heterocycles. The summed E-state index contributed by atoms with van der Waals surface area (Å²) in [6.07, 6.45) is 1.43. The zero-order valence-electron chi connectivity index (χ0n) is 10.4. The number of carboxylic acids is 1. The van der Waals surface area contributed by atoms with E-state index in [1.165, 1.54) is 19.2 Å². The second kappa shape index (κ2) is 6.17. The second-order valence-electron chi connectivity index (χ2n) is 3.57. The second-order valence-corrected chi connectivity index (χ2v) is 5.13. The van der Waals surface area contributed by atoms with Gasteiger partial charge in [0.25, 0.3) is 0 Å². The average Bonchev–Trinajstić information content (AvgIpc) is 2.35. The van der Waals surface area contributed by atoms with Crippen molar-refractivity contribution >= 4 is 27.6 Å². The lowest BCUT2D eigenvalue weighted by Crippen LogP contribution is -2.14. The number of carbonyl (C=O) groups excluding carboxylic acids is 1. The molecular weight excluding hydrogens is 288 g/mol. The van der Waals surface area contributed by atoms with E-state index in [-0.39, 0.29) is 16.3 Å². The highest BCUT2D eigenvalue weighted by molar-refractivity contribution is 7.89.